The van der Waals surface area contributed by atoms with Crippen molar-refractivity contribution in [2.24, 2.45) is 7.05 Å². The molecule has 0 spiro atoms. The lowest BCUT2D eigenvalue weighted by molar-refractivity contribution is -0.134. The van der Waals surface area contributed by atoms with Crippen LogP contribution in [-0.2, 0) is 18.4 Å². The monoisotopic (exact) mass is 512 g/mol. The number of rotatable bonds is 6. The van der Waals surface area contributed by atoms with Gasteiger partial charge in [-0.05, 0) is 48.2 Å². The molecule has 1 saturated heterocycles. The average molecular weight is 513 g/mol. The van der Waals surface area contributed by atoms with E-state index in [9.17, 15) is 14.4 Å². The molecule has 1 fully saturated rings. The number of piperidine rings is 1. The molecule has 1 unspecified atom stereocenters. The molecule has 0 aliphatic carbocycles. The SMILES string of the molecule is CNc1ccn(-c2ccnc3c2cc(CN2CCC(c4ccc(C(=O)N(C)C)cc4)CC2=O)n3C)c(=O)c1. The molecular weight excluding hydrogens is 480 g/mol. The largest absolute Gasteiger partial charge is 0.388 e. The lowest BCUT2D eigenvalue weighted by atomic mass is 9.88. The fourth-order valence-corrected chi connectivity index (χ4v) is 5.13. The number of nitrogens with zero attached hydrogens (tertiary/aromatic N) is 5. The van der Waals surface area contributed by atoms with Gasteiger partial charge in [-0.15, -0.1) is 0 Å². The maximum atomic E-state index is 13.2. The molecule has 196 valence electrons. The second kappa shape index (κ2) is 10.2. The molecule has 3 aromatic heterocycles. The Balaban J connectivity index is 1.34. The van der Waals surface area contributed by atoms with Crippen molar-refractivity contribution in [1.29, 1.82) is 0 Å². The number of likely N-dealkylation sites (tertiary alicyclic amines) is 1. The number of hydrogen-bond donors (Lipinski definition) is 1. The van der Waals surface area contributed by atoms with Crippen LogP contribution in [0.4, 0.5) is 5.69 Å². The minimum absolute atomic E-state index is 0.0325. The first-order valence-electron chi connectivity index (χ1n) is 12.7. The van der Waals surface area contributed by atoms with Gasteiger partial charge in [0.05, 0.1) is 12.2 Å². The summed E-state index contributed by atoms with van der Waals surface area (Å²) in [5, 5.41) is 3.85. The molecule has 1 atom stereocenters. The van der Waals surface area contributed by atoms with Crippen LogP contribution in [0.2, 0.25) is 0 Å². The summed E-state index contributed by atoms with van der Waals surface area (Å²) in [5.41, 5.74) is 4.82. The Hall–Kier alpha value is -4.40. The van der Waals surface area contributed by atoms with E-state index in [0.29, 0.717) is 25.1 Å². The predicted molar refractivity (Wildman–Crippen MR) is 148 cm³/mol. The zero-order valence-electron chi connectivity index (χ0n) is 22.1. The molecule has 0 saturated carbocycles. The van der Waals surface area contributed by atoms with E-state index >= 15 is 0 Å². The van der Waals surface area contributed by atoms with Crippen molar-refractivity contribution in [2.45, 2.75) is 25.3 Å². The average Bonchev–Trinajstić information content (AvgIpc) is 3.24. The topological polar surface area (TPSA) is 92.5 Å². The van der Waals surface area contributed by atoms with E-state index in [2.05, 4.69) is 10.3 Å². The van der Waals surface area contributed by atoms with Crippen LogP contribution >= 0.6 is 0 Å². The summed E-state index contributed by atoms with van der Waals surface area (Å²) in [4.78, 5) is 46.1. The summed E-state index contributed by atoms with van der Waals surface area (Å²) < 4.78 is 3.61. The van der Waals surface area contributed by atoms with E-state index in [1.807, 2.05) is 59.0 Å². The van der Waals surface area contributed by atoms with E-state index in [4.69, 9.17) is 0 Å². The molecule has 1 N–H and O–H groups in total. The number of hydrogen-bond acceptors (Lipinski definition) is 5. The van der Waals surface area contributed by atoms with Crippen molar-refractivity contribution in [3.8, 4) is 5.69 Å². The number of pyridine rings is 2. The van der Waals surface area contributed by atoms with Gasteiger partial charge in [0.15, 0.2) is 0 Å². The van der Waals surface area contributed by atoms with E-state index in [-0.39, 0.29) is 23.3 Å². The molecule has 4 heterocycles. The van der Waals surface area contributed by atoms with Crippen LogP contribution in [0, 0.1) is 0 Å². The second-order valence-corrected chi connectivity index (χ2v) is 9.96. The van der Waals surface area contributed by atoms with Crippen LogP contribution in [0.25, 0.3) is 16.7 Å². The molecule has 4 aromatic rings. The van der Waals surface area contributed by atoms with Gasteiger partial charge in [-0.25, -0.2) is 4.98 Å². The van der Waals surface area contributed by atoms with Crippen molar-refractivity contribution >= 4 is 28.5 Å². The molecule has 38 heavy (non-hydrogen) atoms. The van der Waals surface area contributed by atoms with Crippen LogP contribution in [0.15, 0.2) is 65.7 Å². The molecule has 1 aliphatic rings. The van der Waals surface area contributed by atoms with E-state index in [0.717, 1.165) is 40.1 Å². The highest BCUT2D eigenvalue weighted by Gasteiger charge is 2.28. The minimum Gasteiger partial charge on any atom is -0.388 e. The summed E-state index contributed by atoms with van der Waals surface area (Å²) >= 11 is 0. The first kappa shape index (κ1) is 25.3. The number of aromatic nitrogens is 3. The van der Waals surface area contributed by atoms with Gasteiger partial charge in [-0.1, -0.05) is 12.1 Å². The number of amides is 2. The molecule has 0 bridgehead atoms. The Morgan fingerprint density at radius 2 is 1.87 bits per heavy atom. The number of nitrogens with one attached hydrogen (secondary N) is 1. The Labute approximate surface area is 221 Å². The Morgan fingerprint density at radius 1 is 1.11 bits per heavy atom. The lowest BCUT2D eigenvalue weighted by Gasteiger charge is -2.32. The molecule has 1 aliphatic heterocycles. The molecule has 9 nitrogen and oxygen atoms in total. The predicted octanol–water partition coefficient (Wildman–Crippen LogP) is 3.37. The molecule has 5 rings (SSSR count). The molecular formula is C29H32N6O3. The highest BCUT2D eigenvalue weighted by Crippen LogP contribution is 2.31. The molecule has 0 radical (unpaired) electrons. The number of benzene rings is 1. The third kappa shape index (κ3) is 4.67. The van der Waals surface area contributed by atoms with Crippen molar-refractivity contribution < 1.29 is 9.59 Å². The van der Waals surface area contributed by atoms with Crippen molar-refractivity contribution in [3.63, 3.8) is 0 Å². The summed E-state index contributed by atoms with van der Waals surface area (Å²) in [6.45, 7) is 1.12. The van der Waals surface area contributed by atoms with Gasteiger partial charge in [0.25, 0.3) is 11.5 Å². The fourth-order valence-electron chi connectivity index (χ4n) is 5.13. The Morgan fingerprint density at radius 3 is 2.53 bits per heavy atom. The number of aryl methyl sites for hydroxylation is 1. The van der Waals surface area contributed by atoms with Gasteiger partial charge < -0.3 is 19.7 Å². The van der Waals surface area contributed by atoms with E-state index in [1.165, 1.54) is 0 Å². The molecule has 2 amide bonds. The van der Waals surface area contributed by atoms with Crippen molar-refractivity contribution in [1.82, 2.24) is 23.9 Å². The third-order valence-corrected chi connectivity index (χ3v) is 7.38. The smallest absolute Gasteiger partial charge is 0.257 e. The van der Waals surface area contributed by atoms with Crippen molar-refractivity contribution in [3.05, 3.63) is 88.1 Å². The Bertz CT molecular complexity index is 1570. The van der Waals surface area contributed by atoms with Crippen LogP contribution in [-0.4, -0.2) is 63.4 Å². The first-order valence-corrected chi connectivity index (χ1v) is 12.7. The van der Waals surface area contributed by atoms with Crippen LogP contribution < -0.4 is 10.9 Å². The quantitative estimate of drug-likeness (QED) is 0.428. The van der Waals surface area contributed by atoms with Crippen molar-refractivity contribution in [2.75, 3.05) is 33.0 Å². The number of fused-ring (bicyclic) bond motifs is 1. The number of anilines is 1. The summed E-state index contributed by atoms with van der Waals surface area (Å²) in [6.07, 6.45) is 4.75. The minimum atomic E-state index is -0.133. The summed E-state index contributed by atoms with van der Waals surface area (Å²) in [7, 11) is 7.19. The molecule has 1 aromatic carbocycles. The number of carbonyl (C=O) groups is 2. The third-order valence-electron chi connectivity index (χ3n) is 7.38. The maximum Gasteiger partial charge on any atom is 0.257 e. The second-order valence-electron chi connectivity index (χ2n) is 9.96. The van der Waals surface area contributed by atoms with Gasteiger partial charge in [-0.2, -0.15) is 0 Å². The van der Waals surface area contributed by atoms with Gasteiger partial charge in [0, 0.05) is 81.9 Å². The van der Waals surface area contributed by atoms with Gasteiger partial charge in [0.2, 0.25) is 5.91 Å². The lowest BCUT2D eigenvalue weighted by Crippen LogP contribution is -2.38. The molecule has 9 heteroatoms. The standard InChI is InChI=1S/C29H32N6O3/c1-30-22-11-14-35(27(37)16-22)25-9-12-31-28-24(25)17-23(33(28)4)18-34-13-10-21(15-26(34)36)19-5-7-20(8-6-19)29(38)32(2)3/h5-9,11-12,14,16-17,21,30H,10,13,15,18H2,1-4H3. The fraction of sp³-hybridized carbons (Fsp3) is 0.310. The van der Waals surface area contributed by atoms with Crippen LogP contribution in [0.3, 0.4) is 0 Å². The maximum absolute atomic E-state index is 13.2. The zero-order valence-corrected chi connectivity index (χ0v) is 22.1. The summed E-state index contributed by atoms with van der Waals surface area (Å²) in [5.74, 6) is 0.206. The van der Waals surface area contributed by atoms with E-state index in [1.54, 1.807) is 49.1 Å². The highest BCUT2D eigenvalue weighted by molar-refractivity contribution is 5.94. The zero-order chi connectivity index (χ0) is 27.0. The highest BCUT2D eigenvalue weighted by atomic mass is 16.2. The number of carbonyl (C=O) groups excluding carboxylic acids is 2. The van der Waals surface area contributed by atoms with Gasteiger partial charge in [0.1, 0.15) is 5.65 Å². The Kier molecular flexibility index (Phi) is 6.75. The van der Waals surface area contributed by atoms with E-state index < -0.39 is 0 Å². The normalized spacial score (nSPS) is 15.6. The van der Waals surface area contributed by atoms with Crippen LogP contribution in [0.1, 0.15) is 40.4 Å². The van der Waals surface area contributed by atoms with Gasteiger partial charge in [-0.3, -0.25) is 19.0 Å². The first-order chi connectivity index (χ1) is 18.3. The summed E-state index contributed by atoms with van der Waals surface area (Å²) in [6, 6.07) is 14.9. The van der Waals surface area contributed by atoms with Gasteiger partial charge >= 0.3 is 0 Å². The van der Waals surface area contributed by atoms with Crippen LogP contribution in [0.5, 0.6) is 0 Å².